The average molecular weight is 729 g/mol. The monoisotopic (exact) mass is 728 g/mol. The van der Waals surface area contributed by atoms with E-state index in [-0.39, 0.29) is 23.9 Å². The van der Waals surface area contributed by atoms with Gasteiger partial charge in [-0.05, 0) is 102 Å². The fraction of sp³-hybridized carbons (Fsp3) is 0.244. The molecule has 1 atom stereocenters. The van der Waals surface area contributed by atoms with E-state index in [0.717, 1.165) is 52.9 Å². The smallest absolute Gasteiger partial charge is 0.416 e. The molecule has 11 heteroatoms. The molecular weight excluding hydrogens is 693 g/mol. The highest BCUT2D eigenvalue weighted by Crippen LogP contribution is 2.35. The van der Waals surface area contributed by atoms with E-state index in [1.54, 1.807) is 24.3 Å². The summed E-state index contributed by atoms with van der Waals surface area (Å²) in [5.41, 5.74) is 5.42. The minimum atomic E-state index is -4.41. The maximum atomic E-state index is 13.0. The molecule has 0 saturated heterocycles. The van der Waals surface area contributed by atoms with Gasteiger partial charge in [-0.25, -0.2) is 14.6 Å². The molecule has 0 fully saturated rings. The number of benzene rings is 4. The van der Waals surface area contributed by atoms with E-state index < -0.39 is 23.7 Å². The molecule has 0 aliphatic heterocycles. The number of aryl methyl sites for hydroxylation is 1. The third-order valence-corrected chi connectivity index (χ3v) is 9.78. The second-order valence-corrected chi connectivity index (χ2v) is 13.2. The van der Waals surface area contributed by atoms with Crippen molar-refractivity contribution in [2.75, 3.05) is 13.1 Å². The van der Waals surface area contributed by atoms with Crippen LogP contribution in [0.15, 0.2) is 103 Å². The second kappa shape index (κ2) is 16.0. The number of hydrogen-bond donors (Lipinski definition) is 2. The summed E-state index contributed by atoms with van der Waals surface area (Å²) in [7, 11) is 0. The Morgan fingerprint density at radius 1 is 0.827 bits per heavy atom. The van der Waals surface area contributed by atoms with Crippen molar-refractivity contribution in [3.8, 4) is 16.9 Å². The lowest BCUT2D eigenvalue weighted by molar-refractivity contribution is -0.137. The maximum Gasteiger partial charge on any atom is 0.416 e. The van der Waals surface area contributed by atoms with E-state index in [1.807, 2.05) is 54.6 Å². The number of para-hydroxylation sites is 1. The van der Waals surface area contributed by atoms with Crippen LogP contribution >= 0.6 is 11.6 Å². The highest BCUT2D eigenvalue weighted by Gasteiger charge is 2.30. The van der Waals surface area contributed by atoms with E-state index >= 15 is 0 Å². The van der Waals surface area contributed by atoms with Crippen LogP contribution in [0.3, 0.4) is 0 Å². The maximum absolute atomic E-state index is 13.0. The van der Waals surface area contributed by atoms with E-state index in [1.165, 1.54) is 12.1 Å². The summed E-state index contributed by atoms with van der Waals surface area (Å²) in [6, 6.07) is 28.4. The van der Waals surface area contributed by atoms with Gasteiger partial charge in [-0.1, -0.05) is 72.3 Å². The van der Waals surface area contributed by atoms with Gasteiger partial charge in [0.1, 0.15) is 18.1 Å². The van der Waals surface area contributed by atoms with E-state index in [9.17, 15) is 33.0 Å². The molecule has 0 saturated carbocycles. The van der Waals surface area contributed by atoms with Crippen molar-refractivity contribution in [1.82, 2.24) is 9.88 Å². The van der Waals surface area contributed by atoms with Crippen molar-refractivity contribution in [1.29, 1.82) is 0 Å². The largest absolute Gasteiger partial charge is 0.489 e. The van der Waals surface area contributed by atoms with Crippen LogP contribution in [0.5, 0.6) is 5.75 Å². The fourth-order valence-corrected chi connectivity index (χ4v) is 6.84. The Balaban J connectivity index is 1.17. The molecule has 0 radical (unpaired) electrons. The number of aromatic nitrogens is 1. The number of alkyl halides is 3. The Morgan fingerprint density at radius 2 is 1.54 bits per heavy atom. The van der Waals surface area contributed by atoms with Crippen LogP contribution < -0.4 is 4.74 Å². The molecule has 0 spiro atoms. The number of halogens is 4. The Bertz CT molecular complexity index is 2050. The second-order valence-electron chi connectivity index (χ2n) is 12.8. The van der Waals surface area contributed by atoms with E-state index in [4.69, 9.17) is 16.3 Å². The zero-order chi connectivity index (χ0) is 36.8. The zero-order valence-corrected chi connectivity index (χ0v) is 28.8. The van der Waals surface area contributed by atoms with Crippen LogP contribution in [0.1, 0.15) is 73.2 Å². The van der Waals surface area contributed by atoms with Gasteiger partial charge in [0.2, 0.25) is 0 Å². The predicted octanol–water partition coefficient (Wildman–Crippen LogP) is 9.56. The van der Waals surface area contributed by atoms with Gasteiger partial charge in [-0.3, -0.25) is 4.90 Å². The highest BCUT2D eigenvalue weighted by atomic mass is 35.5. The van der Waals surface area contributed by atoms with Gasteiger partial charge < -0.3 is 14.9 Å². The quantitative estimate of drug-likeness (QED) is 0.125. The summed E-state index contributed by atoms with van der Waals surface area (Å²) < 4.78 is 45.3. The Labute approximate surface area is 304 Å². The number of ether oxygens (including phenoxy) is 1. The standard InChI is InChI=1S/C41H36ClF3N2O5/c42-34-24-30(27-14-16-32(17-15-27)41(43,44)45)12-13-31(34)25-52-38-7-2-1-4-28(38)21-23-47(22-20-26-8-10-29(11-9-26)39(48)49)37-6-3-5-35-33(37)18-19-36(46-35)40(50)51/h1-2,4,7-19,24,37H,3,5-6,20-23,25H2,(H,48,49)(H,50,51)/t37-/m0/s1. The van der Waals surface area contributed by atoms with E-state index in [0.29, 0.717) is 54.3 Å². The molecule has 1 aromatic heterocycles. The molecule has 0 bridgehead atoms. The highest BCUT2D eigenvalue weighted by molar-refractivity contribution is 6.31. The van der Waals surface area contributed by atoms with Crippen LogP contribution in [0.2, 0.25) is 5.02 Å². The molecule has 1 aliphatic rings. The van der Waals surface area contributed by atoms with E-state index in [2.05, 4.69) is 9.88 Å². The van der Waals surface area contributed by atoms with Crippen molar-refractivity contribution in [3.05, 3.63) is 153 Å². The number of hydrogen-bond acceptors (Lipinski definition) is 5. The van der Waals surface area contributed by atoms with Gasteiger partial charge in [0.25, 0.3) is 0 Å². The van der Waals surface area contributed by atoms with Gasteiger partial charge in [0, 0.05) is 35.4 Å². The molecule has 52 heavy (non-hydrogen) atoms. The summed E-state index contributed by atoms with van der Waals surface area (Å²) in [5.74, 6) is -1.33. The Morgan fingerprint density at radius 3 is 2.23 bits per heavy atom. The number of carboxylic acid groups (broad SMARTS) is 2. The molecule has 268 valence electrons. The summed E-state index contributed by atoms with van der Waals surface area (Å²) in [6.45, 7) is 1.54. The van der Waals surface area contributed by atoms with Crippen molar-refractivity contribution in [2.45, 2.75) is 50.9 Å². The number of nitrogens with zero attached hydrogens (tertiary/aromatic N) is 2. The SMILES string of the molecule is O=C(O)c1ccc(CCN(CCc2ccccc2OCc2ccc(-c3ccc(C(F)(F)F)cc3)cc2Cl)[C@H]2CCCc3nc(C(=O)O)ccc32)cc1. The molecule has 5 aromatic rings. The summed E-state index contributed by atoms with van der Waals surface area (Å²) >= 11 is 6.62. The lowest BCUT2D eigenvalue weighted by Crippen LogP contribution is -2.35. The summed E-state index contributed by atoms with van der Waals surface area (Å²) in [5, 5.41) is 19.3. The third kappa shape index (κ3) is 8.81. The lowest BCUT2D eigenvalue weighted by atomic mass is 9.89. The first-order valence-electron chi connectivity index (χ1n) is 16.9. The zero-order valence-electron chi connectivity index (χ0n) is 28.1. The molecule has 7 nitrogen and oxygen atoms in total. The normalized spacial score (nSPS) is 14.2. The van der Waals surface area contributed by atoms with Crippen molar-refractivity contribution in [3.63, 3.8) is 0 Å². The molecule has 0 unspecified atom stereocenters. The fourth-order valence-electron chi connectivity index (χ4n) is 6.61. The Hall–Kier alpha value is -5.19. The molecule has 1 heterocycles. The van der Waals surface area contributed by atoms with Gasteiger partial charge in [-0.15, -0.1) is 0 Å². The van der Waals surface area contributed by atoms with Crippen molar-refractivity contribution < 1.29 is 37.7 Å². The van der Waals surface area contributed by atoms with Gasteiger partial charge >= 0.3 is 18.1 Å². The van der Waals surface area contributed by atoms with Crippen LogP contribution in [0, 0.1) is 0 Å². The summed E-state index contributed by atoms with van der Waals surface area (Å²) in [4.78, 5) is 29.8. The lowest BCUT2D eigenvalue weighted by Gasteiger charge is -2.36. The van der Waals surface area contributed by atoms with Crippen molar-refractivity contribution >= 4 is 23.5 Å². The number of aromatic carboxylic acids is 2. The topological polar surface area (TPSA) is 100.0 Å². The van der Waals surface area contributed by atoms with Crippen LogP contribution in [-0.4, -0.2) is 45.1 Å². The first-order chi connectivity index (χ1) is 25.0. The number of carboxylic acids is 2. The first kappa shape index (κ1) is 36.6. The van der Waals surface area contributed by atoms with Crippen LogP contribution in [0.4, 0.5) is 13.2 Å². The molecule has 2 N–H and O–H groups in total. The molecule has 4 aromatic carbocycles. The third-order valence-electron chi connectivity index (χ3n) is 9.43. The molecular formula is C41H36ClF3N2O5. The van der Waals surface area contributed by atoms with Crippen LogP contribution in [-0.2, 0) is 32.0 Å². The van der Waals surface area contributed by atoms with Crippen LogP contribution in [0.25, 0.3) is 11.1 Å². The number of rotatable bonds is 13. The molecule has 0 amide bonds. The number of carbonyl (C=O) groups is 2. The minimum Gasteiger partial charge on any atom is -0.489 e. The van der Waals surface area contributed by atoms with Crippen molar-refractivity contribution in [2.24, 2.45) is 0 Å². The summed E-state index contributed by atoms with van der Waals surface area (Å²) in [6.07, 6.45) is -0.598. The minimum absolute atomic E-state index is 0.0208. The van der Waals surface area contributed by atoms with Gasteiger partial charge in [0.15, 0.2) is 0 Å². The van der Waals surface area contributed by atoms with Gasteiger partial charge in [0.05, 0.1) is 11.1 Å². The van der Waals surface area contributed by atoms with Gasteiger partial charge in [-0.2, -0.15) is 13.2 Å². The molecule has 6 rings (SSSR count). The number of pyridine rings is 1. The number of fused-ring (bicyclic) bond motifs is 1. The predicted molar refractivity (Wildman–Crippen MR) is 192 cm³/mol. The Kier molecular flexibility index (Phi) is 11.3. The first-order valence-corrected chi connectivity index (χ1v) is 17.3. The average Bonchev–Trinajstić information content (AvgIpc) is 3.14. The molecule has 1 aliphatic carbocycles.